The molecule has 0 radical (unpaired) electrons. The molecule has 2 aliphatic heterocycles. The predicted octanol–water partition coefficient (Wildman–Crippen LogP) is 2.95. The maximum Gasteiger partial charge on any atom is 0.207 e. The molecule has 0 amide bonds. The summed E-state index contributed by atoms with van der Waals surface area (Å²) in [5.74, 6) is -2.81. The number of nitrogens with zero attached hydrogens (tertiary/aromatic N) is 2. The van der Waals surface area contributed by atoms with Gasteiger partial charge in [-0.25, -0.2) is 4.58 Å². The van der Waals surface area contributed by atoms with Crippen molar-refractivity contribution in [2.45, 2.75) is 50.5 Å². The molecule has 8 nitrogen and oxygen atoms in total. The summed E-state index contributed by atoms with van der Waals surface area (Å²) in [6.45, 7) is 3.30. The third-order valence-electron chi connectivity index (χ3n) is 7.38. The van der Waals surface area contributed by atoms with Crippen molar-refractivity contribution in [1.29, 1.82) is 0 Å². The van der Waals surface area contributed by atoms with Crippen molar-refractivity contribution >= 4 is 17.2 Å². The van der Waals surface area contributed by atoms with Gasteiger partial charge in [0, 0.05) is 54.9 Å². The van der Waals surface area contributed by atoms with E-state index in [0.717, 1.165) is 64.7 Å². The summed E-state index contributed by atoms with van der Waals surface area (Å²) in [4.78, 5) is 15.2. The van der Waals surface area contributed by atoms with Gasteiger partial charge in [-0.15, -0.1) is 0 Å². The molecule has 34 heavy (non-hydrogen) atoms. The monoisotopic (exact) mass is 467 g/mol. The molecule has 0 spiro atoms. The van der Waals surface area contributed by atoms with Crippen LogP contribution in [0.25, 0.3) is 0 Å². The molecule has 2 saturated heterocycles. The maximum atomic E-state index is 13.1. The highest BCUT2D eigenvalue weighted by atomic mass is 16.3. The van der Waals surface area contributed by atoms with Gasteiger partial charge in [-0.05, 0) is 25.7 Å². The first-order valence-corrected chi connectivity index (χ1v) is 12.1. The number of hydrogen-bond acceptors (Lipinski definition) is 7. The topological polar surface area (TPSA) is 124 Å². The minimum Gasteiger partial charge on any atom is -0.507 e. The van der Waals surface area contributed by atoms with Crippen LogP contribution in [-0.4, -0.2) is 73.9 Å². The van der Waals surface area contributed by atoms with Gasteiger partial charge in [0.25, 0.3) is 0 Å². The zero-order valence-electron chi connectivity index (χ0n) is 19.1. The fraction of sp³-hybridized carbons (Fsp3) is 0.462. The number of rotatable bonds is 2. The van der Waals surface area contributed by atoms with Crippen LogP contribution in [0.15, 0.2) is 46.9 Å². The van der Waals surface area contributed by atoms with E-state index in [9.17, 15) is 30.3 Å². The Bertz CT molecular complexity index is 1100. The summed E-state index contributed by atoms with van der Waals surface area (Å²) >= 11 is 0. The molecule has 0 aromatic heterocycles. The fourth-order valence-corrected chi connectivity index (χ4v) is 5.56. The molecule has 0 bridgehead atoms. The number of phenols is 2. The van der Waals surface area contributed by atoms with Crippen LogP contribution >= 0.6 is 0 Å². The Kier molecular flexibility index (Phi) is 5.85. The van der Waals surface area contributed by atoms with Crippen LogP contribution in [0.1, 0.15) is 50.0 Å². The number of piperidine rings is 2. The number of aliphatic hydroxyl groups is 3. The number of phenolic OH excluding ortho intramolecular Hbond substituents is 2. The van der Waals surface area contributed by atoms with Crippen LogP contribution in [-0.2, 0) is 4.79 Å². The van der Waals surface area contributed by atoms with E-state index in [1.54, 1.807) is 0 Å². The Morgan fingerprint density at radius 2 is 1.38 bits per heavy atom. The van der Waals surface area contributed by atoms with E-state index < -0.39 is 17.8 Å². The van der Waals surface area contributed by atoms with Gasteiger partial charge in [0.1, 0.15) is 36.1 Å². The average Bonchev–Trinajstić information content (AvgIpc) is 2.84. The van der Waals surface area contributed by atoms with Crippen LogP contribution in [0.2, 0.25) is 0 Å². The Balaban J connectivity index is 1.44. The molecule has 1 aromatic carbocycles. The number of carbonyl (C=O) groups is 1. The van der Waals surface area contributed by atoms with Gasteiger partial charge in [0.15, 0.2) is 5.78 Å². The lowest BCUT2D eigenvalue weighted by Gasteiger charge is -2.37. The lowest BCUT2D eigenvalue weighted by molar-refractivity contribution is -0.536. The first-order chi connectivity index (χ1) is 16.4. The zero-order valence-corrected chi connectivity index (χ0v) is 19.1. The largest absolute Gasteiger partial charge is 0.507 e. The smallest absolute Gasteiger partial charge is 0.207 e. The van der Waals surface area contributed by atoms with Gasteiger partial charge in [-0.2, -0.15) is 0 Å². The summed E-state index contributed by atoms with van der Waals surface area (Å²) in [5, 5.41) is 53.5. The van der Waals surface area contributed by atoms with Gasteiger partial charge >= 0.3 is 0 Å². The standard InChI is InChI=1S/C26H30N2O6/c29-17-11-15(27-7-3-1-4-8-27)12-18(30)21(17)23-25(33)24(26(23)34)22-19(31)13-16(14-20(22)32)28-9-5-2-6-10-28/h11-14,23,25,33H,1-10H2,(H3,29,30,31,32)/p+1. The Labute approximate surface area is 198 Å². The minimum absolute atomic E-state index is 0.0362. The van der Waals surface area contributed by atoms with Crippen molar-refractivity contribution in [2.24, 2.45) is 0 Å². The molecule has 1 saturated carbocycles. The zero-order chi connectivity index (χ0) is 24.0. The summed E-state index contributed by atoms with van der Waals surface area (Å²) < 4.78 is 2.07. The maximum absolute atomic E-state index is 13.1. The number of allylic oxidation sites excluding steroid dienone is 2. The Hall–Kier alpha value is -3.26. The second kappa shape index (κ2) is 8.83. The first kappa shape index (κ1) is 22.5. The molecule has 2 aliphatic carbocycles. The fourth-order valence-electron chi connectivity index (χ4n) is 5.56. The number of hydrogen-bond donors (Lipinski definition) is 5. The van der Waals surface area contributed by atoms with Crippen LogP contribution < -0.4 is 4.90 Å². The van der Waals surface area contributed by atoms with E-state index in [0.29, 0.717) is 11.4 Å². The molecule has 8 heteroatoms. The number of aromatic hydroxyl groups is 2. The molecule has 180 valence electrons. The lowest BCUT2D eigenvalue weighted by atomic mass is 9.68. The number of benzene rings is 1. The minimum atomic E-state index is -1.39. The van der Waals surface area contributed by atoms with Crippen LogP contribution in [0.3, 0.4) is 0 Å². The SMILES string of the molecule is O=C1C(=C2C(O)=CC(=[N+]3CCCCC3)C=C2O)C(O)C1c1c(O)cc(N2CCCCC2)cc1O. The van der Waals surface area contributed by atoms with Gasteiger partial charge in [0.2, 0.25) is 5.71 Å². The molecule has 2 heterocycles. The average molecular weight is 468 g/mol. The van der Waals surface area contributed by atoms with E-state index in [2.05, 4.69) is 9.48 Å². The molecular weight excluding hydrogens is 436 g/mol. The molecule has 2 atom stereocenters. The van der Waals surface area contributed by atoms with E-state index in [4.69, 9.17) is 0 Å². The second-order valence-electron chi connectivity index (χ2n) is 9.55. The van der Waals surface area contributed by atoms with Crippen molar-refractivity contribution in [1.82, 2.24) is 0 Å². The third kappa shape index (κ3) is 3.76. The van der Waals surface area contributed by atoms with Crippen molar-refractivity contribution in [3.63, 3.8) is 0 Å². The second-order valence-corrected chi connectivity index (χ2v) is 9.55. The normalized spacial score (nSPS) is 25.8. The number of aliphatic hydroxyl groups excluding tert-OH is 3. The Morgan fingerprint density at radius 1 is 0.824 bits per heavy atom. The molecule has 2 unspecified atom stereocenters. The highest BCUT2D eigenvalue weighted by molar-refractivity contribution is 6.13. The number of carbonyl (C=O) groups excluding carboxylic acids is 1. The van der Waals surface area contributed by atoms with Crippen LogP contribution in [0, 0.1) is 0 Å². The highest BCUT2D eigenvalue weighted by Crippen LogP contribution is 2.49. The molecule has 3 fully saturated rings. The van der Waals surface area contributed by atoms with Gasteiger partial charge in [-0.3, -0.25) is 4.79 Å². The third-order valence-corrected chi connectivity index (χ3v) is 7.38. The number of anilines is 1. The summed E-state index contributed by atoms with van der Waals surface area (Å²) in [5.41, 5.74) is 1.08. The van der Waals surface area contributed by atoms with Crippen molar-refractivity contribution in [3.05, 3.63) is 52.5 Å². The van der Waals surface area contributed by atoms with Gasteiger partial charge in [-0.1, -0.05) is 0 Å². The van der Waals surface area contributed by atoms with Crippen molar-refractivity contribution in [2.75, 3.05) is 31.1 Å². The first-order valence-electron chi connectivity index (χ1n) is 12.1. The summed E-state index contributed by atoms with van der Waals surface area (Å²) in [6, 6.07) is 3.03. The van der Waals surface area contributed by atoms with Gasteiger partial charge < -0.3 is 30.4 Å². The summed E-state index contributed by atoms with van der Waals surface area (Å²) in [6.07, 6.45) is 8.04. The van der Waals surface area contributed by atoms with Crippen LogP contribution in [0.5, 0.6) is 11.5 Å². The molecule has 1 aromatic rings. The highest BCUT2D eigenvalue weighted by Gasteiger charge is 2.50. The quantitative estimate of drug-likeness (QED) is 0.335. The Morgan fingerprint density at radius 3 is 1.94 bits per heavy atom. The molecule has 5 rings (SSSR count). The molecular formula is C26H31N2O6+. The molecule has 5 N–H and O–H groups in total. The lowest BCUT2D eigenvalue weighted by Crippen LogP contribution is -2.44. The summed E-state index contributed by atoms with van der Waals surface area (Å²) in [7, 11) is 0. The molecule has 4 aliphatic rings. The van der Waals surface area contributed by atoms with Crippen molar-refractivity contribution < 1.29 is 34.9 Å². The number of ketones is 1. The number of Topliss-reactive ketones (excluding diaryl/α,β-unsaturated/α-hetero) is 1. The van der Waals surface area contributed by atoms with E-state index >= 15 is 0 Å². The van der Waals surface area contributed by atoms with E-state index in [1.165, 1.54) is 24.3 Å². The van der Waals surface area contributed by atoms with Gasteiger partial charge in [0.05, 0.1) is 29.7 Å². The van der Waals surface area contributed by atoms with Crippen LogP contribution in [0.4, 0.5) is 5.69 Å². The van der Waals surface area contributed by atoms with Crippen molar-refractivity contribution in [3.8, 4) is 11.5 Å². The van der Waals surface area contributed by atoms with E-state index in [-0.39, 0.29) is 39.7 Å². The predicted molar refractivity (Wildman–Crippen MR) is 127 cm³/mol. The van der Waals surface area contributed by atoms with E-state index in [1.807, 2.05) is 0 Å².